The fourth-order valence-corrected chi connectivity index (χ4v) is 2.66. The van der Waals surface area contributed by atoms with Crippen LogP contribution in [-0.4, -0.2) is 23.0 Å². The quantitative estimate of drug-likeness (QED) is 0.756. The Labute approximate surface area is 94.6 Å². The molecule has 2 aromatic heterocycles. The van der Waals surface area contributed by atoms with E-state index in [2.05, 4.69) is 14.7 Å². The van der Waals surface area contributed by atoms with Crippen molar-refractivity contribution in [3.8, 4) is 10.0 Å². The van der Waals surface area contributed by atoms with Gasteiger partial charge in [-0.1, -0.05) is 0 Å². The molecule has 6 heteroatoms. The average Bonchev–Trinajstić information content (AvgIpc) is 2.84. The lowest BCUT2D eigenvalue weighted by Gasteiger charge is -1.91. The number of hydrogen-bond acceptors (Lipinski definition) is 6. The number of carbonyl (C=O) groups is 1. The van der Waals surface area contributed by atoms with Crippen LogP contribution in [0.1, 0.15) is 16.2 Å². The average molecular weight is 240 g/mol. The van der Waals surface area contributed by atoms with Gasteiger partial charge in [0.25, 0.3) is 0 Å². The predicted molar refractivity (Wildman–Crippen MR) is 59.3 cm³/mol. The van der Waals surface area contributed by atoms with Crippen molar-refractivity contribution < 1.29 is 9.53 Å². The van der Waals surface area contributed by atoms with Crippen molar-refractivity contribution in [3.05, 3.63) is 22.1 Å². The first kappa shape index (κ1) is 10.3. The normalized spacial score (nSPS) is 10.3. The first-order chi connectivity index (χ1) is 7.20. The van der Waals surface area contributed by atoms with E-state index in [1.165, 1.54) is 29.8 Å². The second-order valence-electron chi connectivity index (χ2n) is 2.82. The molecule has 0 atom stereocenters. The van der Waals surface area contributed by atoms with E-state index >= 15 is 0 Å². The number of ether oxygens (including phenoxy) is 1. The summed E-state index contributed by atoms with van der Waals surface area (Å²) in [6, 6.07) is 0. The number of aromatic nitrogens is 2. The van der Waals surface area contributed by atoms with E-state index in [0.29, 0.717) is 5.69 Å². The van der Waals surface area contributed by atoms with Crippen LogP contribution in [0, 0.1) is 6.92 Å². The minimum Gasteiger partial charge on any atom is -0.464 e. The number of methoxy groups -OCH3 is 1. The molecule has 0 saturated carbocycles. The molecular weight excluding hydrogens is 232 g/mol. The monoisotopic (exact) mass is 240 g/mol. The number of thiazole rings is 2. The zero-order valence-electron chi connectivity index (χ0n) is 8.18. The number of esters is 1. The van der Waals surface area contributed by atoms with Crippen LogP contribution >= 0.6 is 22.7 Å². The molecule has 0 amide bonds. The van der Waals surface area contributed by atoms with Crippen molar-refractivity contribution in [3.63, 3.8) is 0 Å². The molecule has 0 unspecified atom stereocenters. The van der Waals surface area contributed by atoms with Gasteiger partial charge in [-0.25, -0.2) is 14.8 Å². The molecule has 2 aromatic rings. The maximum absolute atomic E-state index is 11.2. The predicted octanol–water partition coefficient (Wildman–Crippen LogP) is 2.36. The molecule has 0 N–H and O–H groups in total. The zero-order chi connectivity index (χ0) is 10.8. The Balaban J connectivity index is 2.31. The molecule has 0 spiro atoms. The molecule has 2 rings (SSSR count). The molecule has 0 bridgehead atoms. The highest BCUT2D eigenvalue weighted by atomic mass is 32.1. The molecule has 15 heavy (non-hydrogen) atoms. The van der Waals surface area contributed by atoms with Gasteiger partial charge in [0, 0.05) is 16.5 Å². The number of carbonyl (C=O) groups excluding carboxylic acids is 1. The standard InChI is InChI=1S/C9H8N2O2S2/c1-5-3-14-7(10-5)8-11-6(4-15-8)9(12)13-2/h3-4H,1-2H3. The molecule has 0 aliphatic carbocycles. The van der Waals surface area contributed by atoms with Gasteiger partial charge in [-0.15, -0.1) is 22.7 Å². The van der Waals surface area contributed by atoms with Gasteiger partial charge >= 0.3 is 5.97 Å². The van der Waals surface area contributed by atoms with Crippen LogP contribution in [0.2, 0.25) is 0 Å². The van der Waals surface area contributed by atoms with Gasteiger partial charge in [0.1, 0.15) is 0 Å². The van der Waals surface area contributed by atoms with Crippen molar-refractivity contribution in [1.29, 1.82) is 0 Å². The maximum Gasteiger partial charge on any atom is 0.357 e. The van der Waals surface area contributed by atoms with Gasteiger partial charge in [-0.05, 0) is 6.92 Å². The van der Waals surface area contributed by atoms with Crippen molar-refractivity contribution in [2.45, 2.75) is 6.92 Å². The highest BCUT2D eigenvalue weighted by Crippen LogP contribution is 2.26. The summed E-state index contributed by atoms with van der Waals surface area (Å²) in [7, 11) is 1.34. The van der Waals surface area contributed by atoms with E-state index in [1.807, 2.05) is 12.3 Å². The zero-order valence-corrected chi connectivity index (χ0v) is 9.82. The summed E-state index contributed by atoms with van der Waals surface area (Å²) >= 11 is 2.92. The summed E-state index contributed by atoms with van der Waals surface area (Å²) in [5, 5.41) is 5.23. The molecule has 2 heterocycles. The Kier molecular flexibility index (Phi) is 2.79. The van der Waals surface area contributed by atoms with Gasteiger partial charge < -0.3 is 4.74 Å². The van der Waals surface area contributed by atoms with Crippen LogP contribution in [0.5, 0.6) is 0 Å². The lowest BCUT2D eigenvalue weighted by molar-refractivity contribution is 0.0595. The van der Waals surface area contributed by atoms with Crippen LogP contribution in [0.15, 0.2) is 10.8 Å². The highest BCUT2D eigenvalue weighted by molar-refractivity contribution is 7.19. The summed E-state index contributed by atoms with van der Waals surface area (Å²) in [5.74, 6) is -0.411. The highest BCUT2D eigenvalue weighted by Gasteiger charge is 2.13. The Morgan fingerprint density at radius 3 is 2.53 bits per heavy atom. The summed E-state index contributed by atoms with van der Waals surface area (Å²) in [6.45, 7) is 1.93. The molecule has 0 aliphatic rings. The summed E-state index contributed by atoms with van der Waals surface area (Å²) in [6.07, 6.45) is 0. The van der Waals surface area contributed by atoms with Crippen molar-refractivity contribution >= 4 is 28.6 Å². The SMILES string of the molecule is COC(=O)c1csc(-c2nc(C)cs2)n1. The third kappa shape index (κ3) is 2.05. The first-order valence-corrected chi connectivity index (χ1v) is 5.93. The number of nitrogens with zero attached hydrogens (tertiary/aromatic N) is 2. The molecular formula is C9H8N2O2S2. The Hall–Kier alpha value is -1.27. The Morgan fingerprint density at radius 1 is 1.27 bits per heavy atom. The second kappa shape index (κ2) is 4.08. The van der Waals surface area contributed by atoms with Crippen molar-refractivity contribution in [2.75, 3.05) is 7.11 Å². The molecule has 78 valence electrons. The van der Waals surface area contributed by atoms with Crippen molar-refractivity contribution in [2.24, 2.45) is 0 Å². The van der Waals surface area contributed by atoms with Crippen LogP contribution in [0.25, 0.3) is 10.0 Å². The third-order valence-corrected chi connectivity index (χ3v) is 3.65. The Morgan fingerprint density at radius 2 is 1.93 bits per heavy atom. The first-order valence-electron chi connectivity index (χ1n) is 4.17. The molecule has 0 radical (unpaired) electrons. The lowest BCUT2D eigenvalue weighted by atomic mass is 10.5. The van der Waals surface area contributed by atoms with Gasteiger partial charge in [-0.3, -0.25) is 0 Å². The van der Waals surface area contributed by atoms with Crippen LogP contribution in [0.4, 0.5) is 0 Å². The fourth-order valence-electron chi connectivity index (χ4n) is 1.02. The summed E-state index contributed by atoms with van der Waals surface area (Å²) in [4.78, 5) is 19.6. The summed E-state index contributed by atoms with van der Waals surface area (Å²) < 4.78 is 4.58. The van der Waals surface area contributed by atoms with Crippen LogP contribution < -0.4 is 0 Å². The third-order valence-electron chi connectivity index (χ3n) is 1.70. The topological polar surface area (TPSA) is 52.1 Å². The van der Waals surface area contributed by atoms with E-state index in [1.54, 1.807) is 5.38 Å². The van der Waals surface area contributed by atoms with Gasteiger partial charge in [-0.2, -0.15) is 0 Å². The van der Waals surface area contributed by atoms with E-state index in [4.69, 9.17) is 0 Å². The molecule has 0 saturated heterocycles. The smallest absolute Gasteiger partial charge is 0.357 e. The lowest BCUT2D eigenvalue weighted by Crippen LogP contribution is -2.00. The number of hydrogen-bond donors (Lipinski definition) is 0. The van der Waals surface area contributed by atoms with E-state index < -0.39 is 5.97 Å². The second-order valence-corrected chi connectivity index (χ2v) is 4.54. The number of rotatable bonds is 2. The van der Waals surface area contributed by atoms with E-state index in [-0.39, 0.29) is 0 Å². The Bertz CT molecular complexity index is 490. The van der Waals surface area contributed by atoms with Gasteiger partial charge in [0.2, 0.25) is 0 Å². The summed E-state index contributed by atoms with van der Waals surface area (Å²) in [5.41, 5.74) is 1.30. The van der Waals surface area contributed by atoms with Crippen LogP contribution in [0.3, 0.4) is 0 Å². The minimum atomic E-state index is -0.411. The van der Waals surface area contributed by atoms with E-state index in [9.17, 15) is 4.79 Å². The molecule has 0 fully saturated rings. The van der Waals surface area contributed by atoms with Gasteiger partial charge in [0.05, 0.1) is 7.11 Å². The van der Waals surface area contributed by atoms with Gasteiger partial charge in [0.15, 0.2) is 15.7 Å². The molecule has 0 aromatic carbocycles. The van der Waals surface area contributed by atoms with Crippen LogP contribution in [-0.2, 0) is 4.74 Å². The maximum atomic E-state index is 11.2. The van der Waals surface area contributed by atoms with E-state index in [0.717, 1.165) is 15.7 Å². The fraction of sp³-hybridized carbons (Fsp3) is 0.222. The molecule has 4 nitrogen and oxygen atoms in total. The largest absolute Gasteiger partial charge is 0.464 e. The van der Waals surface area contributed by atoms with Crippen molar-refractivity contribution in [1.82, 2.24) is 9.97 Å². The number of aryl methyl sites for hydroxylation is 1. The minimum absolute atomic E-state index is 0.338. The molecule has 0 aliphatic heterocycles.